The van der Waals surface area contributed by atoms with Gasteiger partial charge in [-0.15, -0.1) is 0 Å². The summed E-state index contributed by atoms with van der Waals surface area (Å²) in [5, 5.41) is 2.86. The highest BCUT2D eigenvalue weighted by Gasteiger charge is 2.30. The van der Waals surface area contributed by atoms with Gasteiger partial charge in [0.05, 0.1) is 11.7 Å². The molecular formula is C26H41N3O5. The highest BCUT2D eigenvalue weighted by atomic mass is 16.5. The van der Waals surface area contributed by atoms with Gasteiger partial charge in [-0.25, -0.2) is 0 Å². The predicted octanol–water partition coefficient (Wildman–Crippen LogP) is 3.27. The number of rotatable bonds is 5. The van der Waals surface area contributed by atoms with E-state index >= 15 is 0 Å². The Kier molecular flexibility index (Phi) is 9.74. The molecule has 8 nitrogen and oxygen atoms in total. The molecule has 1 fully saturated rings. The fraction of sp³-hybridized carbons (Fsp3) is 0.692. The number of carbonyl (C=O) groups is 2. The minimum atomic E-state index is -0.120. The van der Waals surface area contributed by atoms with Gasteiger partial charge in [-0.2, -0.15) is 0 Å². The Balaban J connectivity index is 1.89. The molecule has 1 aromatic rings. The lowest BCUT2D eigenvalue weighted by Crippen LogP contribution is -2.48. The van der Waals surface area contributed by atoms with Crippen molar-refractivity contribution in [2.45, 2.75) is 52.2 Å². The van der Waals surface area contributed by atoms with E-state index in [-0.39, 0.29) is 29.9 Å². The van der Waals surface area contributed by atoms with Crippen LogP contribution in [0.4, 0.5) is 5.69 Å². The molecule has 2 heterocycles. The first kappa shape index (κ1) is 26.4. The average Bonchev–Trinajstić information content (AvgIpc) is 2.84. The van der Waals surface area contributed by atoms with E-state index in [1.165, 1.54) is 0 Å². The molecule has 34 heavy (non-hydrogen) atoms. The van der Waals surface area contributed by atoms with Crippen LogP contribution in [0.1, 0.15) is 50.4 Å². The molecule has 0 radical (unpaired) electrons. The van der Waals surface area contributed by atoms with Gasteiger partial charge in [0.25, 0.3) is 5.91 Å². The Morgan fingerprint density at radius 3 is 2.62 bits per heavy atom. The van der Waals surface area contributed by atoms with Crippen molar-refractivity contribution in [2.24, 2.45) is 11.8 Å². The second-order valence-electron chi connectivity index (χ2n) is 9.72. The van der Waals surface area contributed by atoms with Crippen molar-refractivity contribution in [2.75, 3.05) is 58.9 Å². The molecule has 2 aliphatic rings. The molecule has 0 saturated carbocycles. The minimum Gasteiger partial charge on any atom is -0.491 e. The van der Waals surface area contributed by atoms with Crippen molar-refractivity contribution in [3.63, 3.8) is 0 Å². The normalized spacial score (nSPS) is 25.6. The summed E-state index contributed by atoms with van der Waals surface area (Å²) in [5.74, 6) is 1.14. The molecule has 1 aromatic carbocycles. The van der Waals surface area contributed by atoms with Gasteiger partial charge in [0, 0.05) is 71.2 Å². The molecule has 190 valence electrons. The number of hydrogen-bond donors (Lipinski definition) is 1. The zero-order valence-corrected chi connectivity index (χ0v) is 21.3. The number of fused-ring (bicyclic) bond motifs is 1. The smallest absolute Gasteiger partial charge is 0.257 e. The lowest BCUT2D eigenvalue weighted by Gasteiger charge is -2.38. The molecule has 1 saturated heterocycles. The van der Waals surface area contributed by atoms with Gasteiger partial charge in [-0.05, 0) is 43.7 Å². The number of nitrogens with zero attached hydrogens (tertiary/aromatic N) is 2. The first-order valence-electron chi connectivity index (χ1n) is 12.5. The number of hydrogen-bond acceptors (Lipinski definition) is 6. The molecule has 3 atom stereocenters. The number of methoxy groups -OCH3 is 1. The van der Waals surface area contributed by atoms with Crippen molar-refractivity contribution in [1.82, 2.24) is 9.80 Å². The van der Waals surface area contributed by atoms with E-state index in [2.05, 4.69) is 24.1 Å². The Bertz CT molecular complexity index is 827. The van der Waals surface area contributed by atoms with Crippen LogP contribution in [-0.2, 0) is 14.3 Å². The molecule has 0 bridgehead atoms. The summed E-state index contributed by atoms with van der Waals surface area (Å²) in [7, 11) is 3.52. The molecule has 3 rings (SSSR count). The molecule has 0 spiro atoms. The number of anilines is 1. The van der Waals surface area contributed by atoms with Gasteiger partial charge < -0.3 is 24.4 Å². The number of likely N-dealkylation sites (N-methyl/N-ethyl adjacent to an activating group) is 1. The number of nitrogens with one attached hydrogen (secondary N) is 1. The van der Waals surface area contributed by atoms with Crippen LogP contribution >= 0.6 is 0 Å². The molecule has 0 aromatic heterocycles. The summed E-state index contributed by atoms with van der Waals surface area (Å²) in [5.41, 5.74) is 1.12. The van der Waals surface area contributed by atoms with Gasteiger partial charge in [0.1, 0.15) is 12.4 Å². The van der Waals surface area contributed by atoms with E-state index < -0.39 is 0 Å². The average molecular weight is 476 g/mol. The molecule has 2 aliphatic heterocycles. The highest BCUT2D eigenvalue weighted by molar-refractivity contribution is 5.98. The van der Waals surface area contributed by atoms with Crippen LogP contribution in [0, 0.1) is 11.8 Å². The molecular weight excluding hydrogens is 434 g/mol. The number of amides is 2. The lowest BCUT2D eigenvalue weighted by molar-refractivity contribution is -0.115. The van der Waals surface area contributed by atoms with Crippen LogP contribution < -0.4 is 10.1 Å². The minimum absolute atomic E-state index is 0.0785. The van der Waals surface area contributed by atoms with E-state index in [1.807, 2.05) is 0 Å². The topological polar surface area (TPSA) is 80.3 Å². The standard InChI is InChI=1S/C26H41N3O5/c1-6-25(30)27-21-7-8-22-23(13-21)34-17-19(3)29(15-20-9-11-33-12-10-20)14-18(2)24(32-5)16-28(4)26(22)31/h7-8,13,18-20,24H,6,9-12,14-17H2,1-5H3,(H,27,30)/t18-,19-,24+/m0/s1. The third-order valence-electron chi connectivity index (χ3n) is 7.01. The first-order valence-corrected chi connectivity index (χ1v) is 12.5. The predicted molar refractivity (Wildman–Crippen MR) is 132 cm³/mol. The number of ether oxygens (including phenoxy) is 3. The summed E-state index contributed by atoms with van der Waals surface area (Å²) in [6, 6.07) is 5.40. The van der Waals surface area contributed by atoms with Crippen LogP contribution in [0.25, 0.3) is 0 Å². The third kappa shape index (κ3) is 6.93. The van der Waals surface area contributed by atoms with E-state index in [1.54, 1.807) is 44.2 Å². The van der Waals surface area contributed by atoms with Crippen LogP contribution in [0.5, 0.6) is 5.75 Å². The maximum atomic E-state index is 13.3. The Labute approximate surface area is 203 Å². The van der Waals surface area contributed by atoms with Crippen LogP contribution in [0.3, 0.4) is 0 Å². The molecule has 8 heteroatoms. The second-order valence-corrected chi connectivity index (χ2v) is 9.72. The van der Waals surface area contributed by atoms with Gasteiger partial charge in [-0.3, -0.25) is 14.5 Å². The maximum absolute atomic E-state index is 13.3. The van der Waals surface area contributed by atoms with Crippen LogP contribution in [0.15, 0.2) is 18.2 Å². The Hall–Kier alpha value is -2.16. The van der Waals surface area contributed by atoms with Gasteiger partial charge in [0.15, 0.2) is 0 Å². The fourth-order valence-corrected chi connectivity index (χ4v) is 4.69. The van der Waals surface area contributed by atoms with Crippen molar-refractivity contribution < 1.29 is 23.8 Å². The van der Waals surface area contributed by atoms with E-state index in [9.17, 15) is 9.59 Å². The summed E-state index contributed by atoms with van der Waals surface area (Å²) < 4.78 is 17.7. The SMILES string of the molecule is CCC(=O)Nc1ccc2c(c1)OC[C@H](C)N(CC1CCOCC1)C[C@H](C)[C@H](OC)CN(C)C2=O. The molecule has 1 N–H and O–H groups in total. The zero-order chi connectivity index (χ0) is 24.7. The van der Waals surface area contributed by atoms with Crippen molar-refractivity contribution >= 4 is 17.5 Å². The summed E-state index contributed by atoms with van der Waals surface area (Å²) >= 11 is 0. The molecule has 0 aliphatic carbocycles. The monoisotopic (exact) mass is 475 g/mol. The second kappa shape index (κ2) is 12.5. The summed E-state index contributed by atoms with van der Waals surface area (Å²) in [4.78, 5) is 29.4. The van der Waals surface area contributed by atoms with Gasteiger partial charge in [0.2, 0.25) is 5.91 Å². The largest absolute Gasteiger partial charge is 0.491 e. The quantitative estimate of drug-likeness (QED) is 0.704. The van der Waals surface area contributed by atoms with Gasteiger partial charge >= 0.3 is 0 Å². The maximum Gasteiger partial charge on any atom is 0.257 e. The lowest BCUT2D eigenvalue weighted by atomic mass is 9.96. The van der Waals surface area contributed by atoms with Crippen molar-refractivity contribution in [3.05, 3.63) is 23.8 Å². The van der Waals surface area contributed by atoms with E-state index in [0.717, 1.165) is 39.1 Å². The summed E-state index contributed by atoms with van der Waals surface area (Å²) in [6.45, 7) is 10.6. The zero-order valence-electron chi connectivity index (χ0n) is 21.3. The van der Waals surface area contributed by atoms with Crippen molar-refractivity contribution in [1.29, 1.82) is 0 Å². The van der Waals surface area contributed by atoms with E-state index in [0.29, 0.717) is 42.5 Å². The fourth-order valence-electron chi connectivity index (χ4n) is 4.69. The Morgan fingerprint density at radius 1 is 1.21 bits per heavy atom. The molecule has 2 amide bonds. The first-order chi connectivity index (χ1) is 16.3. The van der Waals surface area contributed by atoms with Crippen LogP contribution in [0.2, 0.25) is 0 Å². The third-order valence-corrected chi connectivity index (χ3v) is 7.01. The summed E-state index contributed by atoms with van der Waals surface area (Å²) in [6.07, 6.45) is 2.46. The van der Waals surface area contributed by atoms with Crippen LogP contribution in [-0.4, -0.2) is 87.4 Å². The highest BCUT2D eigenvalue weighted by Crippen LogP contribution is 2.27. The Morgan fingerprint density at radius 2 is 1.94 bits per heavy atom. The van der Waals surface area contributed by atoms with E-state index in [4.69, 9.17) is 14.2 Å². The van der Waals surface area contributed by atoms with Crippen molar-refractivity contribution in [3.8, 4) is 5.75 Å². The van der Waals surface area contributed by atoms with Gasteiger partial charge in [-0.1, -0.05) is 13.8 Å². The number of benzene rings is 1. The number of carbonyl (C=O) groups excluding carboxylic acids is 2. The molecule has 0 unspecified atom stereocenters.